The molecule has 3 rings (SSSR count). The summed E-state index contributed by atoms with van der Waals surface area (Å²) in [5.74, 6) is 0.453. The third-order valence-corrected chi connectivity index (χ3v) is 4.05. The Kier molecular flexibility index (Phi) is 5.93. The van der Waals surface area contributed by atoms with Crippen molar-refractivity contribution < 1.29 is 18.4 Å². The van der Waals surface area contributed by atoms with Gasteiger partial charge in [-0.1, -0.05) is 29.4 Å². The van der Waals surface area contributed by atoms with Crippen LogP contribution >= 0.6 is 0 Å². The van der Waals surface area contributed by atoms with Crippen molar-refractivity contribution in [2.24, 2.45) is 0 Å². The number of amides is 1. The molecule has 0 aliphatic rings. The second-order valence-electron chi connectivity index (χ2n) is 6.10. The van der Waals surface area contributed by atoms with Gasteiger partial charge in [0.1, 0.15) is 5.82 Å². The molecule has 0 radical (unpaired) electrons. The molecule has 0 atom stereocenters. The smallest absolute Gasteiger partial charge is 0.254 e. The van der Waals surface area contributed by atoms with Crippen molar-refractivity contribution in [2.45, 2.75) is 13.0 Å². The maximum absolute atomic E-state index is 13.4. The molecule has 0 bridgehead atoms. The summed E-state index contributed by atoms with van der Waals surface area (Å²) in [7, 11) is 3.27. The molecule has 2 aromatic carbocycles. The summed E-state index contributed by atoms with van der Waals surface area (Å²) in [4.78, 5) is 18.3. The predicted molar refractivity (Wildman–Crippen MR) is 97.5 cm³/mol. The maximum atomic E-state index is 13.4. The van der Waals surface area contributed by atoms with Crippen molar-refractivity contribution in [2.75, 3.05) is 20.8 Å². The molecule has 0 aliphatic heterocycles. The maximum Gasteiger partial charge on any atom is 0.254 e. The highest BCUT2D eigenvalue weighted by molar-refractivity contribution is 5.94. The van der Waals surface area contributed by atoms with Crippen molar-refractivity contribution >= 4 is 5.91 Å². The highest BCUT2D eigenvalue weighted by Gasteiger charge is 2.16. The number of carbonyl (C=O) groups excluding carboxylic acids is 1. The minimum atomic E-state index is -0.295. The van der Waals surface area contributed by atoms with Crippen LogP contribution in [0.15, 0.2) is 53.1 Å². The molecule has 1 heterocycles. The van der Waals surface area contributed by atoms with Crippen LogP contribution in [0.5, 0.6) is 0 Å². The quantitative estimate of drug-likeness (QED) is 0.639. The van der Waals surface area contributed by atoms with Gasteiger partial charge in [0.25, 0.3) is 5.91 Å². The molecule has 6 nitrogen and oxygen atoms in total. The Morgan fingerprint density at radius 1 is 1.19 bits per heavy atom. The molecule has 0 aliphatic carbocycles. The van der Waals surface area contributed by atoms with Crippen LogP contribution in [0.2, 0.25) is 0 Å². The highest BCUT2D eigenvalue weighted by Crippen LogP contribution is 2.21. The molecule has 1 amide bonds. The number of nitrogens with zero attached hydrogens (tertiary/aromatic N) is 3. The molecule has 0 saturated carbocycles. The van der Waals surface area contributed by atoms with Gasteiger partial charge in [-0.2, -0.15) is 4.98 Å². The van der Waals surface area contributed by atoms with Gasteiger partial charge in [-0.25, -0.2) is 4.39 Å². The lowest BCUT2D eigenvalue weighted by molar-refractivity contribution is 0.0769. The number of halogens is 1. The van der Waals surface area contributed by atoms with Gasteiger partial charge >= 0.3 is 0 Å². The van der Waals surface area contributed by atoms with Crippen molar-refractivity contribution in [1.29, 1.82) is 0 Å². The Bertz CT molecular complexity index is 909. The van der Waals surface area contributed by atoms with E-state index in [0.29, 0.717) is 30.3 Å². The average molecular weight is 369 g/mol. The average Bonchev–Trinajstić information content (AvgIpc) is 3.13. The number of benzene rings is 2. The number of hydrogen-bond acceptors (Lipinski definition) is 5. The van der Waals surface area contributed by atoms with Crippen LogP contribution in [-0.2, 0) is 17.7 Å². The van der Waals surface area contributed by atoms with Crippen LogP contribution in [0.25, 0.3) is 11.1 Å². The minimum Gasteiger partial charge on any atom is -0.384 e. The van der Waals surface area contributed by atoms with E-state index in [1.165, 1.54) is 17.0 Å². The van der Waals surface area contributed by atoms with Gasteiger partial charge in [0, 0.05) is 26.1 Å². The Morgan fingerprint density at radius 3 is 2.67 bits per heavy atom. The number of rotatable bonds is 7. The van der Waals surface area contributed by atoms with Crippen LogP contribution < -0.4 is 0 Å². The molecule has 0 unspecified atom stereocenters. The summed E-state index contributed by atoms with van der Waals surface area (Å²) in [5.41, 5.74) is 2.13. The Balaban J connectivity index is 1.65. The summed E-state index contributed by atoms with van der Waals surface area (Å²) in [5, 5.41) is 3.86. The molecular formula is C20H20FN3O3. The molecule has 0 fully saturated rings. The monoisotopic (exact) mass is 369 g/mol. The fraction of sp³-hybridized carbons (Fsp3) is 0.250. The van der Waals surface area contributed by atoms with Gasteiger partial charge < -0.3 is 14.2 Å². The molecule has 0 spiro atoms. The zero-order valence-electron chi connectivity index (χ0n) is 15.2. The minimum absolute atomic E-state index is 0.169. The summed E-state index contributed by atoms with van der Waals surface area (Å²) in [6.07, 6.45) is 0.555. The first-order valence-electron chi connectivity index (χ1n) is 8.48. The van der Waals surface area contributed by atoms with E-state index >= 15 is 0 Å². The zero-order valence-corrected chi connectivity index (χ0v) is 15.2. The summed E-state index contributed by atoms with van der Waals surface area (Å²) < 4.78 is 23.5. The van der Waals surface area contributed by atoms with E-state index in [1.807, 2.05) is 6.07 Å². The third kappa shape index (κ3) is 4.77. The first kappa shape index (κ1) is 18.7. The summed E-state index contributed by atoms with van der Waals surface area (Å²) in [6.45, 7) is 0.718. The molecule has 27 heavy (non-hydrogen) atoms. The molecular weight excluding hydrogens is 349 g/mol. The van der Waals surface area contributed by atoms with E-state index in [0.717, 1.165) is 11.1 Å². The normalized spacial score (nSPS) is 10.8. The fourth-order valence-corrected chi connectivity index (χ4v) is 2.62. The van der Waals surface area contributed by atoms with Crippen LogP contribution in [0.4, 0.5) is 4.39 Å². The topological polar surface area (TPSA) is 68.5 Å². The molecule has 7 heteroatoms. The second kappa shape index (κ2) is 8.55. The molecule has 140 valence electrons. The van der Waals surface area contributed by atoms with Crippen molar-refractivity contribution in [1.82, 2.24) is 15.0 Å². The van der Waals surface area contributed by atoms with Crippen LogP contribution in [0, 0.1) is 5.82 Å². The third-order valence-electron chi connectivity index (χ3n) is 4.05. The number of aromatic nitrogens is 2. The number of ether oxygens (including phenoxy) is 1. The Hall–Kier alpha value is -3.06. The van der Waals surface area contributed by atoms with Gasteiger partial charge in [0.2, 0.25) is 5.89 Å². The number of hydrogen-bond donors (Lipinski definition) is 0. The van der Waals surface area contributed by atoms with Crippen LogP contribution in [0.3, 0.4) is 0 Å². The zero-order chi connectivity index (χ0) is 19.2. The van der Waals surface area contributed by atoms with Gasteiger partial charge in [0.05, 0.1) is 13.2 Å². The van der Waals surface area contributed by atoms with E-state index in [1.54, 1.807) is 44.5 Å². The first-order chi connectivity index (χ1) is 13.1. The first-order valence-corrected chi connectivity index (χ1v) is 8.48. The predicted octanol–water partition coefficient (Wildman–Crippen LogP) is 3.34. The summed E-state index contributed by atoms with van der Waals surface area (Å²) >= 11 is 0. The van der Waals surface area contributed by atoms with Crippen LogP contribution in [0.1, 0.15) is 22.1 Å². The van der Waals surface area contributed by atoms with Crippen molar-refractivity contribution in [3.8, 4) is 11.1 Å². The highest BCUT2D eigenvalue weighted by atomic mass is 19.1. The van der Waals surface area contributed by atoms with E-state index in [4.69, 9.17) is 9.26 Å². The molecule has 1 aromatic heterocycles. The Morgan fingerprint density at radius 2 is 1.96 bits per heavy atom. The lowest BCUT2D eigenvalue weighted by Crippen LogP contribution is -2.26. The van der Waals surface area contributed by atoms with Crippen LogP contribution in [-0.4, -0.2) is 41.7 Å². The molecule has 3 aromatic rings. The standard InChI is InChI=1S/C20H20FN3O3/c1-24(13-19-22-18(23-27-19)10-11-26-2)20(25)15-8-6-14(7-9-15)16-4-3-5-17(21)12-16/h3-9,12H,10-11,13H2,1-2H3. The SMILES string of the molecule is COCCc1noc(CN(C)C(=O)c2ccc(-c3cccc(F)c3)cc2)n1. The van der Waals surface area contributed by atoms with Crippen molar-refractivity contribution in [3.63, 3.8) is 0 Å². The lowest BCUT2D eigenvalue weighted by atomic mass is 10.0. The van der Waals surface area contributed by atoms with E-state index in [2.05, 4.69) is 10.1 Å². The van der Waals surface area contributed by atoms with E-state index < -0.39 is 0 Å². The fourth-order valence-electron chi connectivity index (χ4n) is 2.62. The van der Waals surface area contributed by atoms with Gasteiger partial charge in [-0.3, -0.25) is 4.79 Å². The summed E-state index contributed by atoms with van der Waals surface area (Å²) in [6, 6.07) is 13.4. The van der Waals surface area contributed by atoms with E-state index in [9.17, 15) is 9.18 Å². The van der Waals surface area contributed by atoms with E-state index in [-0.39, 0.29) is 18.3 Å². The second-order valence-corrected chi connectivity index (χ2v) is 6.10. The lowest BCUT2D eigenvalue weighted by Gasteiger charge is -2.15. The van der Waals surface area contributed by atoms with Gasteiger partial charge in [0.15, 0.2) is 5.82 Å². The van der Waals surface area contributed by atoms with Crippen molar-refractivity contribution in [3.05, 3.63) is 71.6 Å². The molecule has 0 saturated heterocycles. The number of methoxy groups -OCH3 is 1. The molecule has 0 N–H and O–H groups in total. The largest absolute Gasteiger partial charge is 0.384 e. The Labute approximate surface area is 156 Å². The van der Waals surface area contributed by atoms with Gasteiger partial charge in [-0.15, -0.1) is 0 Å². The van der Waals surface area contributed by atoms with Gasteiger partial charge in [-0.05, 0) is 35.4 Å². The number of carbonyl (C=O) groups is 1.